The predicted octanol–water partition coefficient (Wildman–Crippen LogP) is -1.17. The average Bonchev–Trinajstić information content (AvgIpc) is 2.80. The Kier molecular flexibility index (Phi) is 5.92. The normalized spacial score (nSPS) is 11.5. The molecule has 0 spiro atoms. The van der Waals surface area contributed by atoms with Gasteiger partial charge in [-0.05, 0) is 23.4 Å². The first kappa shape index (κ1) is 14.5. The van der Waals surface area contributed by atoms with Gasteiger partial charge in [0.2, 0.25) is 0 Å². The molecule has 0 amide bonds. The number of carbonyl (C=O) groups is 1. The Hall–Kier alpha value is -0.610. The first-order valence-corrected chi connectivity index (χ1v) is 5.93. The monoisotopic (exact) mass is 254 g/mol. The zero-order valence-corrected chi connectivity index (χ0v) is 12.4. The Balaban J connectivity index is 0.00000144. The van der Waals surface area contributed by atoms with Gasteiger partial charge in [-0.3, -0.25) is 0 Å². The smallest absolute Gasteiger partial charge is 0.549 e. The zero-order valence-electron chi connectivity index (χ0n) is 9.63. The van der Waals surface area contributed by atoms with Crippen molar-refractivity contribution < 1.29 is 39.5 Å². The van der Waals surface area contributed by atoms with Crippen LogP contribution < -0.4 is 34.7 Å². The number of carboxylic acids is 1. The minimum absolute atomic E-state index is 0. The van der Waals surface area contributed by atoms with E-state index >= 15 is 0 Å². The van der Waals surface area contributed by atoms with Gasteiger partial charge in [0.05, 0.1) is 5.97 Å². The van der Waals surface area contributed by atoms with Gasteiger partial charge in [-0.15, -0.1) is 11.3 Å². The van der Waals surface area contributed by atoms with Crippen LogP contribution in [0.1, 0.15) is 16.4 Å². The summed E-state index contributed by atoms with van der Waals surface area (Å²) in [5, 5.41) is 13.0. The summed E-state index contributed by atoms with van der Waals surface area (Å²) in [6.45, 7) is 0. The third kappa shape index (κ3) is 3.96. The quantitative estimate of drug-likeness (QED) is 0.645. The summed E-state index contributed by atoms with van der Waals surface area (Å²) in [6, 6.07) is 13.3. The van der Waals surface area contributed by atoms with Crippen molar-refractivity contribution in [2.24, 2.45) is 0 Å². The van der Waals surface area contributed by atoms with Crippen molar-refractivity contribution in [1.29, 1.82) is 0 Å². The van der Waals surface area contributed by atoms with Crippen molar-refractivity contribution in [3.05, 3.63) is 58.3 Å². The molecule has 1 aromatic carbocycles. The van der Waals surface area contributed by atoms with Gasteiger partial charge in [0.15, 0.2) is 0 Å². The van der Waals surface area contributed by atoms with Crippen LogP contribution in [0.4, 0.5) is 0 Å². The van der Waals surface area contributed by atoms with Gasteiger partial charge in [0.25, 0.3) is 0 Å². The largest absolute Gasteiger partial charge is 1.00 e. The topological polar surface area (TPSA) is 40.1 Å². The summed E-state index contributed by atoms with van der Waals surface area (Å²) in [6.07, 6.45) is 0.490. The molecule has 4 heteroatoms. The number of rotatable bonds is 4. The van der Waals surface area contributed by atoms with E-state index in [1.165, 1.54) is 11.3 Å². The second-order valence-electron chi connectivity index (χ2n) is 3.58. The van der Waals surface area contributed by atoms with Crippen LogP contribution in [-0.4, -0.2) is 5.97 Å². The molecule has 0 aliphatic rings. The first-order chi connectivity index (χ1) is 7.77. The van der Waals surface area contributed by atoms with E-state index < -0.39 is 11.9 Å². The van der Waals surface area contributed by atoms with Crippen LogP contribution in [0.5, 0.6) is 0 Å². The maximum Gasteiger partial charge on any atom is 1.00 e. The maximum absolute atomic E-state index is 11.1. The Morgan fingerprint density at radius 3 is 2.41 bits per heavy atom. The van der Waals surface area contributed by atoms with Gasteiger partial charge in [-0.25, -0.2) is 0 Å². The number of carbonyl (C=O) groups excluding carboxylic acids is 1. The summed E-state index contributed by atoms with van der Waals surface area (Å²) in [5.74, 6) is -1.55. The minimum Gasteiger partial charge on any atom is -0.549 e. The molecule has 0 aliphatic carbocycles. The van der Waals surface area contributed by atoms with E-state index in [1.807, 2.05) is 47.8 Å². The first-order valence-electron chi connectivity index (χ1n) is 5.05. The standard InChI is InChI=1S/C13H12O2S.Na/c14-13(15)11(12-7-4-8-16-12)9-10-5-2-1-3-6-10;/h1-8,11H,9H2,(H,14,15);/q;+1/p-1/t11-;/m0./s1. The van der Waals surface area contributed by atoms with Gasteiger partial charge in [-0.1, -0.05) is 36.4 Å². The van der Waals surface area contributed by atoms with E-state index in [0.717, 1.165) is 10.4 Å². The van der Waals surface area contributed by atoms with E-state index in [2.05, 4.69) is 0 Å². The van der Waals surface area contributed by atoms with E-state index in [9.17, 15) is 9.90 Å². The van der Waals surface area contributed by atoms with Crippen LogP contribution in [0, 0.1) is 0 Å². The molecule has 2 nitrogen and oxygen atoms in total. The second-order valence-corrected chi connectivity index (χ2v) is 4.56. The number of aliphatic carboxylic acids is 1. The van der Waals surface area contributed by atoms with Gasteiger partial charge in [-0.2, -0.15) is 0 Å². The molecule has 2 aromatic rings. The molecule has 0 saturated heterocycles. The molecule has 1 heterocycles. The van der Waals surface area contributed by atoms with Crippen LogP contribution in [0.3, 0.4) is 0 Å². The van der Waals surface area contributed by atoms with Crippen LogP contribution in [-0.2, 0) is 11.2 Å². The average molecular weight is 254 g/mol. The number of benzene rings is 1. The fourth-order valence-electron chi connectivity index (χ4n) is 1.64. The summed E-state index contributed by atoms with van der Waals surface area (Å²) in [5.41, 5.74) is 1.02. The van der Waals surface area contributed by atoms with Gasteiger partial charge in [0, 0.05) is 10.8 Å². The van der Waals surface area contributed by atoms with E-state index in [0.29, 0.717) is 6.42 Å². The summed E-state index contributed by atoms with van der Waals surface area (Å²) < 4.78 is 0. The van der Waals surface area contributed by atoms with Gasteiger partial charge >= 0.3 is 29.6 Å². The number of thiophene rings is 1. The van der Waals surface area contributed by atoms with Crippen molar-refractivity contribution in [3.8, 4) is 0 Å². The zero-order chi connectivity index (χ0) is 11.4. The Morgan fingerprint density at radius 1 is 1.18 bits per heavy atom. The number of carboxylic acid groups (broad SMARTS) is 1. The van der Waals surface area contributed by atoms with E-state index in [4.69, 9.17) is 0 Å². The fraction of sp³-hybridized carbons (Fsp3) is 0.154. The molecule has 0 bridgehead atoms. The van der Waals surface area contributed by atoms with Crippen molar-refractivity contribution in [1.82, 2.24) is 0 Å². The number of hydrogen-bond donors (Lipinski definition) is 0. The van der Waals surface area contributed by atoms with Gasteiger partial charge in [0.1, 0.15) is 0 Å². The molecule has 0 fully saturated rings. The Bertz CT molecular complexity index is 454. The van der Waals surface area contributed by atoms with E-state index in [1.54, 1.807) is 0 Å². The van der Waals surface area contributed by atoms with Crippen molar-refractivity contribution in [3.63, 3.8) is 0 Å². The maximum atomic E-state index is 11.1. The predicted molar refractivity (Wildman–Crippen MR) is 62.2 cm³/mol. The molecule has 17 heavy (non-hydrogen) atoms. The molecule has 1 aromatic heterocycles. The summed E-state index contributed by atoms with van der Waals surface area (Å²) >= 11 is 1.46. The van der Waals surface area contributed by atoms with Crippen LogP contribution in [0.2, 0.25) is 0 Å². The van der Waals surface area contributed by atoms with Crippen LogP contribution in [0.25, 0.3) is 0 Å². The molecule has 0 saturated carbocycles. The van der Waals surface area contributed by atoms with Crippen LogP contribution >= 0.6 is 11.3 Å². The fourth-order valence-corrected chi connectivity index (χ4v) is 2.45. The van der Waals surface area contributed by atoms with Gasteiger partial charge < -0.3 is 9.90 Å². The number of hydrogen-bond acceptors (Lipinski definition) is 3. The Labute approximate surface area is 127 Å². The second kappa shape index (κ2) is 6.97. The Morgan fingerprint density at radius 2 is 1.88 bits per heavy atom. The molecular formula is C13H11NaO2S. The van der Waals surface area contributed by atoms with E-state index in [-0.39, 0.29) is 29.6 Å². The van der Waals surface area contributed by atoms with Crippen molar-refractivity contribution >= 4 is 17.3 Å². The molecule has 0 radical (unpaired) electrons. The third-order valence-corrected chi connectivity index (χ3v) is 3.44. The summed E-state index contributed by atoms with van der Waals surface area (Å²) in [7, 11) is 0. The van der Waals surface area contributed by atoms with Crippen LogP contribution in [0.15, 0.2) is 47.8 Å². The molecular weight excluding hydrogens is 243 g/mol. The molecule has 2 rings (SSSR count). The SMILES string of the molecule is O=C([O-])[C@@H](Cc1ccccc1)c1cccs1.[Na+]. The molecule has 0 unspecified atom stereocenters. The molecule has 82 valence electrons. The minimum atomic E-state index is -1.01. The summed E-state index contributed by atoms with van der Waals surface area (Å²) in [4.78, 5) is 11.9. The third-order valence-electron chi connectivity index (χ3n) is 2.45. The molecule has 0 N–H and O–H groups in total. The molecule has 1 atom stereocenters. The molecule has 0 aliphatic heterocycles. The van der Waals surface area contributed by atoms with Crippen molar-refractivity contribution in [2.45, 2.75) is 12.3 Å². The van der Waals surface area contributed by atoms with Crippen molar-refractivity contribution in [2.75, 3.05) is 0 Å².